The van der Waals surface area contributed by atoms with Gasteiger partial charge in [0, 0.05) is 5.69 Å². The third kappa shape index (κ3) is 2.93. The van der Waals surface area contributed by atoms with Crippen LogP contribution in [0.1, 0.15) is 12.0 Å². The first-order valence-corrected chi connectivity index (χ1v) is 8.25. The molecule has 2 aliphatic rings. The van der Waals surface area contributed by atoms with Crippen molar-refractivity contribution in [1.29, 1.82) is 0 Å². The average molecular weight is 338 g/mol. The number of allylic oxidation sites excluding steroid dienone is 2. The number of carboxylic acids is 1. The Kier molecular flexibility index (Phi) is 3.83. The van der Waals surface area contributed by atoms with Crippen molar-refractivity contribution in [2.75, 3.05) is 5.32 Å². The Morgan fingerprint density at radius 2 is 1.88 bits per heavy atom. The lowest BCUT2D eigenvalue weighted by molar-refractivity contribution is -0.146. The van der Waals surface area contributed by atoms with Crippen molar-refractivity contribution in [2.24, 2.45) is 23.7 Å². The summed E-state index contributed by atoms with van der Waals surface area (Å²) in [6, 6.07) is 7.46. The summed E-state index contributed by atoms with van der Waals surface area (Å²) in [4.78, 5) is 28.1. The van der Waals surface area contributed by atoms with Crippen LogP contribution >= 0.6 is 0 Å². The molecular formula is C18H18N4O3. The molecule has 25 heavy (non-hydrogen) atoms. The van der Waals surface area contributed by atoms with Gasteiger partial charge in [-0.25, -0.2) is 9.67 Å². The van der Waals surface area contributed by atoms with Crippen molar-refractivity contribution < 1.29 is 14.7 Å². The minimum absolute atomic E-state index is 0.0247. The van der Waals surface area contributed by atoms with Crippen LogP contribution in [-0.4, -0.2) is 31.7 Å². The lowest BCUT2D eigenvalue weighted by Gasteiger charge is -2.23. The summed E-state index contributed by atoms with van der Waals surface area (Å²) in [6.45, 7) is 0.604. The van der Waals surface area contributed by atoms with Gasteiger partial charge in [-0.05, 0) is 36.0 Å². The number of aliphatic carboxylic acids is 1. The second kappa shape index (κ2) is 6.16. The summed E-state index contributed by atoms with van der Waals surface area (Å²) in [5, 5.41) is 16.4. The molecule has 128 valence electrons. The quantitative estimate of drug-likeness (QED) is 0.810. The highest BCUT2D eigenvalue weighted by Crippen LogP contribution is 2.48. The standard InChI is InChI=1S/C18H18N4O3/c23-17(15-12-3-4-13(7-12)16(15)18(24)25)21-14-5-1-11(2-6-14)8-22-10-19-9-20-22/h1-6,9-10,12-13,15-16H,7-8H2,(H,21,23)(H,24,25)/t12-,13-,15+,16-/m0/s1. The topological polar surface area (TPSA) is 97.1 Å². The maximum absolute atomic E-state index is 12.6. The molecule has 2 N–H and O–H groups in total. The Bertz CT molecular complexity index is 813. The highest BCUT2D eigenvalue weighted by molar-refractivity contribution is 5.96. The van der Waals surface area contributed by atoms with Crippen LogP contribution in [0, 0.1) is 23.7 Å². The van der Waals surface area contributed by atoms with Crippen molar-refractivity contribution >= 4 is 17.6 Å². The molecule has 1 fully saturated rings. The van der Waals surface area contributed by atoms with E-state index in [1.807, 2.05) is 36.4 Å². The number of nitrogens with one attached hydrogen (secondary N) is 1. The summed E-state index contributed by atoms with van der Waals surface area (Å²) in [5.41, 5.74) is 1.71. The Balaban J connectivity index is 1.44. The van der Waals surface area contributed by atoms with Crippen LogP contribution in [0.3, 0.4) is 0 Å². The lowest BCUT2D eigenvalue weighted by atomic mass is 9.82. The van der Waals surface area contributed by atoms with Gasteiger partial charge in [0.1, 0.15) is 12.7 Å². The molecule has 1 heterocycles. The summed E-state index contributed by atoms with van der Waals surface area (Å²) in [5.74, 6) is -2.22. The van der Waals surface area contributed by atoms with E-state index >= 15 is 0 Å². The molecular weight excluding hydrogens is 320 g/mol. The number of hydrogen-bond donors (Lipinski definition) is 2. The van der Waals surface area contributed by atoms with Crippen LogP contribution in [0.15, 0.2) is 49.1 Å². The molecule has 4 atom stereocenters. The summed E-state index contributed by atoms with van der Waals surface area (Å²) in [6.07, 6.45) is 7.80. The average Bonchev–Trinajstić information content (AvgIpc) is 3.32. The zero-order valence-electron chi connectivity index (χ0n) is 13.4. The van der Waals surface area contributed by atoms with E-state index in [9.17, 15) is 14.7 Å². The molecule has 7 heteroatoms. The molecule has 0 spiro atoms. The smallest absolute Gasteiger partial charge is 0.307 e. The molecule has 1 amide bonds. The lowest BCUT2D eigenvalue weighted by Crippen LogP contribution is -2.36. The van der Waals surface area contributed by atoms with Gasteiger partial charge >= 0.3 is 5.97 Å². The SMILES string of the molecule is O=C(O)[C@@H]1[C@H](C(=O)Nc2ccc(Cn3cncn3)cc2)[C@H]2C=C[C@H]1C2. The highest BCUT2D eigenvalue weighted by Gasteiger charge is 2.51. The monoisotopic (exact) mass is 338 g/mol. The maximum atomic E-state index is 12.6. The van der Waals surface area contributed by atoms with Crippen LogP contribution in [0.2, 0.25) is 0 Å². The number of amides is 1. The number of fused-ring (bicyclic) bond motifs is 2. The predicted octanol–water partition coefficient (Wildman–Crippen LogP) is 1.79. The van der Waals surface area contributed by atoms with Crippen LogP contribution < -0.4 is 5.32 Å². The molecule has 1 aromatic carbocycles. The zero-order chi connectivity index (χ0) is 17.4. The number of anilines is 1. The normalized spacial score (nSPS) is 26.7. The first-order chi connectivity index (χ1) is 12.1. The fraction of sp³-hybridized carbons (Fsp3) is 0.333. The van der Waals surface area contributed by atoms with Gasteiger partial charge in [-0.15, -0.1) is 0 Å². The number of hydrogen-bond acceptors (Lipinski definition) is 4. The molecule has 0 aliphatic heterocycles. The maximum Gasteiger partial charge on any atom is 0.307 e. The van der Waals surface area contributed by atoms with E-state index in [2.05, 4.69) is 15.4 Å². The van der Waals surface area contributed by atoms with Gasteiger partial charge in [0.2, 0.25) is 5.91 Å². The van der Waals surface area contributed by atoms with Crippen molar-refractivity contribution in [1.82, 2.24) is 14.8 Å². The Morgan fingerprint density at radius 3 is 2.52 bits per heavy atom. The Hall–Kier alpha value is -2.96. The van der Waals surface area contributed by atoms with E-state index < -0.39 is 17.8 Å². The van der Waals surface area contributed by atoms with Crippen molar-refractivity contribution in [3.05, 3.63) is 54.6 Å². The van der Waals surface area contributed by atoms with Gasteiger partial charge in [0.05, 0.1) is 18.4 Å². The number of carbonyl (C=O) groups is 2. The summed E-state index contributed by atoms with van der Waals surface area (Å²) < 4.78 is 1.71. The molecule has 0 unspecified atom stereocenters. The molecule has 2 aromatic rings. The predicted molar refractivity (Wildman–Crippen MR) is 89.5 cm³/mol. The van der Waals surface area contributed by atoms with Crippen LogP contribution in [-0.2, 0) is 16.1 Å². The summed E-state index contributed by atoms with van der Waals surface area (Å²) >= 11 is 0. The minimum atomic E-state index is -0.889. The van der Waals surface area contributed by atoms with E-state index in [1.54, 1.807) is 11.0 Å². The number of benzene rings is 1. The van der Waals surface area contributed by atoms with E-state index in [-0.39, 0.29) is 17.7 Å². The van der Waals surface area contributed by atoms with Gasteiger partial charge < -0.3 is 10.4 Å². The molecule has 0 radical (unpaired) electrons. The number of nitrogens with zero attached hydrogens (tertiary/aromatic N) is 3. The van der Waals surface area contributed by atoms with Crippen LogP contribution in [0.25, 0.3) is 0 Å². The van der Waals surface area contributed by atoms with Gasteiger partial charge in [0.15, 0.2) is 0 Å². The molecule has 1 aromatic heterocycles. The third-order valence-corrected chi connectivity index (χ3v) is 5.08. The van der Waals surface area contributed by atoms with Gasteiger partial charge in [-0.2, -0.15) is 5.10 Å². The second-order valence-electron chi connectivity index (χ2n) is 6.62. The molecule has 4 rings (SSSR count). The fourth-order valence-corrected chi connectivity index (χ4v) is 3.94. The van der Waals surface area contributed by atoms with Crippen molar-refractivity contribution in [3.63, 3.8) is 0 Å². The first kappa shape index (κ1) is 15.6. The second-order valence-corrected chi connectivity index (χ2v) is 6.62. The zero-order valence-corrected chi connectivity index (χ0v) is 13.4. The van der Waals surface area contributed by atoms with Gasteiger partial charge in [0.25, 0.3) is 0 Å². The van der Waals surface area contributed by atoms with Crippen LogP contribution in [0.5, 0.6) is 0 Å². The number of carboxylic acid groups (broad SMARTS) is 1. The molecule has 2 bridgehead atoms. The van der Waals surface area contributed by atoms with Crippen molar-refractivity contribution in [3.8, 4) is 0 Å². The van der Waals surface area contributed by atoms with Gasteiger partial charge in [-0.1, -0.05) is 24.3 Å². The number of carbonyl (C=O) groups excluding carboxylic acids is 1. The van der Waals surface area contributed by atoms with E-state index in [0.717, 1.165) is 12.0 Å². The molecule has 2 aliphatic carbocycles. The fourth-order valence-electron chi connectivity index (χ4n) is 3.94. The molecule has 7 nitrogen and oxygen atoms in total. The Morgan fingerprint density at radius 1 is 1.16 bits per heavy atom. The number of rotatable bonds is 5. The molecule has 0 saturated heterocycles. The van der Waals surface area contributed by atoms with E-state index in [1.165, 1.54) is 6.33 Å². The van der Waals surface area contributed by atoms with E-state index in [0.29, 0.717) is 12.2 Å². The highest BCUT2D eigenvalue weighted by atomic mass is 16.4. The van der Waals surface area contributed by atoms with E-state index in [4.69, 9.17) is 0 Å². The van der Waals surface area contributed by atoms with Gasteiger partial charge in [-0.3, -0.25) is 9.59 Å². The minimum Gasteiger partial charge on any atom is -0.481 e. The molecule has 1 saturated carbocycles. The Labute approximate surface area is 144 Å². The van der Waals surface area contributed by atoms with Crippen LogP contribution in [0.4, 0.5) is 5.69 Å². The third-order valence-electron chi connectivity index (χ3n) is 5.08. The number of aromatic nitrogens is 3. The largest absolute Gasteiger partial charge is 0.481 e. The summed E-state index contributed by atoms with van der Waals surface area (Å²) in [7, 11) is 0. The first-order valence-electron chi connectivity index (χ1n) is 8.25. The van der Waals surface area contributed by atoms with Crippen molar-refractivity contribution in [2.45, 2.75) is 13.0 Å².